The summed E-state index contributed by atoms with van der Waals surface area (Å²) in [6, 6.07) is 10.4. The summed E-state index contributed by atoms with van der Waals surface area (Å²) in [7, 11) is 1.47. The van der Waals surface area contributed by atoms with E-state index in [-0.39, 0.29) is 11.4 Å². The van der Waals surface area contributed by atoms with E-state index in [0.717, 1.165) is 16.1 Å². The Morgan fingerprint density at radius 2 is 2.20 bits per heavy atom. The first-order chi connectivity index (χ1) is 12.1. The molecule has 25 heavy (non-hydrogen) atoms. The first-order valence-electron chi connectivity index (χ1n) is 7.40. The summed E-state index contributed by atoms with van der Waals surface area (Å²) in [6.45, 7) is 1.74. The van der Waals surface area contributed by atoms with Gasteiger partial charge in [0.15, 0.2) is 17.2 Å². The van der Waals surface area contributed by atoms with Gasteiger partial charge in [-0.05, 0) is 42.6 Å². The van der Waals surface area contributed by atoms with Crippen LogP contribution >= 0.6 is 11.3 Å². The van der Waals surface area contributed by atoms with Crippen molar-refractivity contribution in [3.63, 3.8) is 0 Å². The number of phenols is 1. The Morgan fingerprint density at radius 1 is 1.36 bits per heavy atom. The standard InChI is InChI=1S/C17H16N4O3S/c1-10(11-5-6-14(22)15(8-11)24-2)18-21-17(23)13-9-12(19-20-13)16-4-3-7-25-16/h3-9,22H,1-2H3,(H,19,20)(H,21,23)/b18-10+. The summed E-state index contributed by atoms with van der Waals surface area (Å²) in [5.74, 6) is -0.0314. The molecular formula is C17H16N4O3S. The number of hydrogen-bond donors (Lipinski definition) is 3. The van der Waals surface area contributed by atoms with Crippen LogP contribution in [0.4, 0.5) is 0 Å². The molecule has 1 amide bonds. The topological polar surface area (TPSA) is 99.6 Å². The van der Waals surface area contributed by atoms with Crippen molar-refractivity contribution in [3.05, 3.63) is 53.0 Å². The van der Waals surface area contributed by atoms with E-state index in [1.54, 1.807) is 36.5 Å². The third kappa shape index (κ3) is 3.69. The summed E-state index contributed by atoms with van der Waals surface area (Å²) in [5.41, 5.74) is 4.80. The highest BCUT2D eigenvalue weighted by atomic mass is 32.1. The second-order valence-electron chi connectivity index (χ2n) is 5.17. The number of methoxy groups -OCH3 is 1. The van der Waals surface area contributed by atoms with E-state index in [1.165, 1.54) is 13.2 Å². The van der Waals surface area contributed by atoms with Gasteiger partial charge in [0.2, 0.25) is 0 Å². The van der Waals surface area contributed by atoms with Crippen LogP contribution in [0.3, 0.4) is 0 Å². The van der Waals surface area contributed by atoms with Crippen LogP contribution in [0.1, 0.15) is 23.0 Å². The number of nitrogens with zero attached hydrogens (tertiary/aromatic N) is 2. The maximum absolute atomic E-state index is 12.2. The van der Waals surface area contributed by atoms with Gasteiger partial charge < -0.3 is 9.84 Å². The fourth-order valence-electron chi connectivity index (χ4n) is 2.16. The molecule has 3 aromatic rings. The maximum Gasteiger partial charge on any atom is 0.291 e. The zero-order valence-electron chi connectivity index (χ0n) is 13.6. The largest absolute Gasteiger partial charge is 0.504 e. The number of aromatic nitrogens is 2. The molecule has 8 heteroatoms. The summed E-state index contributed by atoms with van der Waals surface area (Å²) in [6.07, 6.45) is 0. The Balaban J connectivity index is 1.71. The zero-order valence-corrected chi connectivity index (χ0v) is 14.4. The number of nitrogens with one attached hydrogen (secondary N) is 2. The molecule has 0 radical (unpaired) electrons. The molecule has 0 aliphatic heterocycles. The molecule has 0 bridgehead atoms. The summed E-state index contributed by atoms with van der Waals surface area (Å²) in [5, 5.41) is 22.5. The van der Waals surface area contributed by atoms with Crippen LogP contribution in [-0.2, 0) is 0 Å². The second-order valence-corrected chi connectivity index (χ2v) is 6.12. The molecule has 2 aromatic heterocycles. The van der Waals surface area contributed by atoms with Gasteiger partial charge in [-0.2, -0.15) is 10.2 Å². The number of hydrogen-bond acceptors (Lipinski definition) is 6. The fraction of sp³-hybridized carbons (Fsp3) is 0.118. The Morgan fingerprint density at radius 3 is 2.92 bits per heavy atom. The predicted molar refractivity (Wildman–Crippen MR) is 96.2 cm³/mol. The van der Waals surface area contributed by atoms with E-state index in [4.69, 9.17) is 4.74 Å². The van der Waals surface area contributed by atoms with Gasteiger partial charge in [0.1, 0.15) is 0 Å². The van der Waals surface area contributed by atoms with Gasteiger partial charge in [-0.1, -0.05) is 6.07 Å². The molecule has 0 unspecified atom stereocenters. The number of carbonyl (C=O) groups is 1. The lowest BCUT2D eigenvalue weighted by atomic mass is 10.1. The lowest BCUT2D eigenvalue weighted by molar-refractivity contribution is 0.0950. The molecule has 128 valence electrons. The first-order valence-corrected chi connectivity index (χ1v) is 8.27. The van der Waals surface area contributed by atoms with Crippen LogP contribution in [0.5, 0.6) is 11.5 Å². The molecular weight excluding hydrogens is 340 g/mol. The van der Waals surface area contributed by atoms with Gasteiger partial charge in [0.05, 0.1) is 23.4 Å². The van der Waals surface area contributed by atoms with Crippen LogP contribution in [0.15, 0.2) is 46.9 Å². The van der Waals surface area contributed by atoms with E-state index in [2.05, 4.69) is 20.7 Å². The van der Waals surface area contributed by atoms with Crippen molar-refractivity contribution in [1.29, 1.82) is 0 Å². The first kappa shape index (κ1) is 16.7. The molecule has 3 N–H and O–H groups in total. The number of rotatable bonds is 5. The molecule has 0 saturated carbocycles. The van der Waals surface area contributed by atoms with E-state index in [1.807, 2.05) is 17.5 Å². The van der Waals surface area contributed by atoms with Crippen molar-refractivity contribution in [1.82, 2.24) is 15.6 Å². The Kier molecular flexibility index (Phi) is 4.80. The van der Waals surface area contributed by atoms with E-state index >= 15 is 0 Å². The van der Waals surface area contributed by atoms with Crippen LogP contribution in [0.25, 0.3) is 10.6 Å². The number of H-pyrrole nitrogens is 1. The van der Waals surface area contributed by atoms with Crippen molar-refractivity contribution in [2.75, 3.05) is 7.11 Å². The molecule has 7 nitrogen and oxygen atoms in total. The average Bonchev–Trinajstić information content (AvgIpc) is 3.30. The number of aromatic hydroxyl groups is 1. The Hall–Kier alpha value is -3.13. The summed E-state index contributed by atoms with van der Waals surface area (Å²) < 4.78 is 5.06. The highest BCUT2D eigenvalue weighted by Gasteiger charge is 2.12. The third-order valence-corrected chi connectivity index (χ3v) is 4.42. The zero-order chi connectivity index (χ0) is 17.8. The highest BCUT2D eigenvalue weighted by molar-refractivity contribution is 7.13. The number of phenolic OH excluding ortho intramolecular Hbond substituents is 1. The molecule has 0 spiro atoms. The van der Waals surface area contributed by atoms with Crippen molar-refractivity contribution in [2.24, 2.45) is 5.10 Å². The van der Waals surface area contributed by atoms with Gasteiger partial charge in [-0.25, -0.2) is 5.43 Å². The monoisotopic (exact) mass is 356 g/mol. The lowest BCUT2D eigenvalue weighted by Crippen LogP contribution is -2.19. The lowest BCUT2D eigenvalue weighted by Gasteiger charge is -2.06. The van der Waals surface area contributed by atoms with Gasteiger partial charge in [-0.3, -0.25) is 9.89 Å². The minimum absolute atomic E-state index is 0.0423. The van der Waals surface area contributed by atoms with Crippen molar-refractivity contribution in [2.45, 2.75) is 6.92 Å². The maximum atomic E-state index is 12.2. The summed E-state index contributed by atoms with van der Waals surface area (Å²) in [4.78, 5) is 13.2. The van der Waals surface area contributed by atoms with Crippen molar-refractivity contribution >= 4 is 23.0 Å². The summed E-state index contributed by atoms with van der Waals surface area (Å²) >= 11 is 1.56. The molecule has 0 saturated heterocycles. The molecule has 0 atom stereocenters. The number of aromatic amines is 1. The number of carbonyl (C=O) groups excluding carboxylic acids is 1. The van der Waals surface area contributed by atoms with Crippen LogP contribution < -0.4 is 10.2 Å². The predicted octanol–water partition coefficient (Wildman–Crippen LogP) is 3.01. The number of ether oxygens (including phenoxy) is 1. The fourth-order valence-corrected chi connectivity index (χ4v) is 2.85. The number of hydrazone groups is 1. The van der Waals surface area contributed by atoms with Crippen molar-refractivity contribution in [3.8, 4) is 22.1 Å². The molecule has 0 aliphatic carbocycles. The Labute approximate surface area is 148 Å². The van der Waals surface area contributed by atoms with Gasteiger partial charge in [0.25, 0.3) is 5.91 Å². The third-order valence-electron chi connectivity index (χ3n) is 3.52. The molecule has 0 fully saturated rings. The molecule has 1 aromatic carbocycles. The van der Waals surface area contributed by atoms with Crippen molar-refractivity contribution < 1.29 is 14.6 Å². The minimum Gasteiger partial charge on any atom is -0.504 e. The number of benzene rings is 1. The second kappa shape index (κ2) is 7.18. The van der Waals surface area contributed by atoms with Gasteiger partial charge in [-0.15, -0.1) is 11.3 Å². The van der Waals surface area contributed by atoms with Crippen LogP contribution in [0, 0.1) is 0 Å². The van der Waals surface area contributed by atoms with E-state index < -0.39 is 5.91 Å². The number of amides is 1. The molecule has 0 aliphatic rings. The molecule has 2 heterocycles. The average molecular weight is 356 g/mol. The van der Waals surface area contributed by atoms with Gasteiger partial charge >= 0.3 is 0 Å². The normalized spacial score (nSPS) is 11.4. The highest BCUT2D eigenvalue weighted by Crippen LogP contribution is 2.26. The smallest absolute Gasteiger partial charge is 0.291 e. The van der Waals surface area contributed by atoms with E-state index in [0.29, 0.717) is 11.5 Å². The van der Waals surface area contributed by atoms with E-state index in [9.17, 15) is 9.90 Å². The minimum atomic E-state index is -0.413. The Bertz CT molecular complexity index is 916. The number of thiophene rings is 1. The van der Waals surface area contributed by atoms with Gasteiger partial charge in [0, 0.05) is 5.56 Å². The van der Waals surface area contributed by atoms with Crippen LogP contribution in [0.2, 0.25) is 0 Å². The SMILES string of the molecule is COc1cc(/C(C)=N/NC(=O)c2cc(-c3cccs3)[nH]n2)ccc1O. The van der Waals surface area contributed by atoms with Crippen LogP contribution in [-0.4, -0.2) is 34.0 Å². The quantitative estimate of drug-likeness (QED) is 0.483. The molecule has 3 rings (SSSR count).